The average Bonchev–Trinajstić information content (AvgIpc) is 3.70. The van der Waals surface area contributed by atoms with Crippen LogP contribution in [0.3, 0.4) is 0 Å². The fourth-order valence-corrected chi connectivity index (χ4v) is 7.14. The van der Waals surface area contributed by atoms with Gasteiger partial charge in [-0.3, -0.25) is 9.59 Å². The fraction of sp³-hybridized carbons (Fsp3) is 0.394. The van der Waals surface area contributed by atoms with Gasteiger partial charge in [0, 0.05) is 52.2 Å². The van der Waals surface area contributed by atoms with E-state index in [2.05, 4.69) is 17.0 Å². The van der Waals surface area contributed by atoms with Crippen molar-refractivity contribution in [1.82, 2.24) is 14.7 Å². The van der Waals surface area contributed by atoms with E-state index in [9.17, 15) is 9.59 Å². The first-order valence-electron chi connectivity index (χ1n) is 14.1. The molecule has 3 aromatic rings. The molecule has 41 heavy (non-hydrogen) atoms. The van der Waals surface area contributed by atoms with Crippen molar-refractivity contribution >= 4 is 46.6 Å². The molecule has 0 N–H and O–H groups in total. The molecule has 2 fully saturated rings. The minimum absolute atomic E-state index is 0.0627. The fourth-order valence-electron chi connectivity index (χ4n) is 6.64. The molecule has 0 bridgehead atoms. The summed E-state index contributed by atoms with van der Waals surface area (Å²) in [4.78, 5) is 32.8. The van der Waals surface area contributed by atoms with Crippen molar-refractivity contribution in [2.24, 2.45) is 5.92 Å². The molecule has 1 aliphatic heterocycles. The van der Waals surface area contributed by atoms with Gasteiger partial charge in [0.25, 0.3) is 0 Å². The van der Waals surface area contributed by atoms with E-state index >= 15 is 0 Å². The lowest BCUT2D eigenvalue weighted by molar-refractivity contribution is -0.136. The SMILES string of the molecule is CC(=O)N(C)C1(c2ccccc2)CCN(C[C@@H]2C[C@@]2(C(=O)N(C)Cc2ccccc2Cl)c2ccc(Cl)c(Cl)c2)CC1. The van der Waals surface area contributed by atoms with E-state index in [1.807, 2.05) is 73.6 Å². The van der Waals surface area contributed by atoms with E-state index in [1.165, 1.54) is 5.56 Å². The number of carbonyl (C=O) groups is 2. The second-order valence-corrected chi connectivity index (χ2v) is 12.8. The molecule has 1 aliphatic carbocycles. The van der Waals surface area contributed by atoms with Gasteiger partial charge < -0.3 is 14.7 Å². The van der Waals surface area contributed by atoms with Gasteiger partial charge in [-0.2, -0.15) is 0 Å². The minimum Gasteiger partial charge on any atom is -0.341 e. The van der Waals surface area contributed by atoms with Crippen molar-refractivity contribution in [1.29, 1.82) is 0 Å². The molecule has 3 aromatic carbocycles. The predicted octanol–water partition coefficient (Wildman–Crippen LogP) is 7.03. The Bertz CT molecular complexity index is 1420. The summed E-state index contributed by atoms with van der Waals surface area (Å²) in [6.45, 7) is 4.53. The van der Waals surface area contributed by atoms with Crippen LogP contribution in [-0.4, -0.2) is 60.2 Å². The third-order valence-corrected chi connectivity index (χ3v) is 10.3. The van der Waals surface area contributed by atoms with E-state index < -0.39 is 5.41 Å². The maximum Gasteiger partial charge on any atom is 0.233 e. The Kier molecular flexibility index (Phi) is 8.73. The summed E-state index contributed by atoms with van der Waals surface area (Å²) in [7, 11) is 3.75. The Morgan fingerprint density at radius 1 is 0.854 bits per heavy atom. The molecule has 216 valence electrons. The summed E-state index contributed by atoms with van der Waals surface area (Å²) in [5.41, 5.74) is 1.98. The highest BCUT2D eigenvalue weighted by Crippen LogP contribution is 2.57. The number of carbonyl (C=O) groups excluding carboxylic acids is 2. The number of benzene rings is 3. The molecule has 1 heterocycles. The Hall–Kier alpha value is -2.57. The van der Waals surface area contributed by atoms with Gasteiger partial charge in [0.2, 0.25) is 11.8 Å². The molecule has 0 radical (unpaired) electrons. The first-order valence-corrected chi connectivity index (χ1v) is 15.2. The summed E-state index contributed by atoms with van der Waals surface area (Å²) >= 11 is 19.1. The van der Waals surface area contributed by atoms with Crippen LogP contribution in [0.25, 0.3) is 0 Å². The quantitative estimate of drug-likeness (QED) is 0.274. The number of rotatable bonds is 8. The number of likely N-dealkylation sites (tertiary alicyclic amines) is 1. The normalized spacial score (nSPS) is 21.8. The number of amides is 2. The summed E-state index contributed by atoms with van der Waals surface area (Å²) in [6.07, 6.45) is 2.41. The zero-order valence-electron chi connectivity index (χ0n) is 23.7. The first kappa shape index (κ1) is 29.9. The van der Waals surface area contributed by atoms with Gasteiger partial charge in [-0.25, -0.2) is 0 Å². The number of nitrogens with zero attached hydrogens (tertiary/aromatic N) is 3. The summed E-state index contributed by atoms with van der Waals surface area (Å²) in [5, 5.41) is 1.57. The molecule has 5 rings (SSSR count). The van der Waals surface area contributed by atoms with Crippen molar-refractivity contribution in [3.8, 4) is 0 Å². The van der Waals surface area contributed by atoms with Crippen LogP contribution < -0.4 is 0 Å². The lowest BCUT2D eigenvalue weighted by atomic mass is 9.79. The highest BCUT2D eigenvalue weighted by Gasteiger charge is 2.62. The molecule has 0 unspecified atom stereocenters. The van der Waals surface area contributed by atoms with Crippen molar-refractivity contribution in [2.75, 3.05) is 33.7 Å². The number of hydrogen-bond acceptors (Lipinski definition) is 3. The molecule has 0 aromatic heterocycles. The van der Waals surface area contributed by atoms with E-state index in [0.717, 1.165) is 50.0 Å². The van der Waals surface area contributed by atoms with Crippen LogP contribution in [0.1, 0.15) is 42.9 Å². The maximum absolute atomic E-state index is 14.2. The highest BCUT2D eigenvalue weighted by atomic mass is 35.5. The molecule has 2 atom stereocenters. The second kappa shape index (κ2) is 12.0. The Balaban J connectivity index is 1.36. The summed E-state index contributed by atoms with van der Waals surface area (Å²) in [6, 6.07) is 23.5. The lowest BCUT2D eigenvalue weighted by Gasteiger charge is -2.48. The highest BCUT2D eigenvalue weighted by molar-refractivity contribution is 6.42. The zero-order valence-corrected chi connectivity index (χ0v) is 26.0. The molecular formula is C33H36Cl3N3O2. The molecule has 2 aliphatic rings. The zero-order chi connectivity index (χ0) is 29.4. The predicted molar refractivity (Wildman–Crippen MR) is 166 cm³/mol. The maximum atomic E-state index is 14.2. The first-order chi connectivity index (χ1) is 19.6. The van der Waals surface area contributed by atoms with Gasteiger partial charge in [-0.05, 0) is 60.1 Å². The van der Waals surface area contributed by atoms with E-state index in [4.69, 9.17) is 34.8 Å². The van der Waals surface area contributed by atoms with Gasteiger partial charge >= 0.3 is 0 Å². The standard InChI is InChI=1S/C33H36Cl3N3O2/c1-23(40)38(3)32(25-10-5-4-6-11-25)15-17-39(18-16-32)22-27-20-33(27,26-13-14-29(35)30(36)19-26)31(41)37(2)21-24-9-7-8-12-28(24)34/h4-14,19,27H,15-18,20-22H2,1-3H3/t27-,33+/m0/s1. The smallest absolute Gasteiger partial charge is 0.233 e. The molecule has 5 nitrogen and oxygen atoms in total. The molecular weight excluding hydrogens is 577 g/mol. The minimum atomic E-state index is -0.672. The molecule has 1 saturated heterocycles. The summed E-state index contributed by atoms with van der Waals surface area (Å²) in [5.74, 6) is 0.263. The Morgan fingerprint density at radius 2 is 1.51 bits per heavy atom. The number of halogens is 3. The van der Waals surface area contributed by atoms with Crippen molar-refractivity contribution in [3.05, 3.63) is 105 Å². The average molecular weight is 613 g/mol. The van der Waals surface area contributed by atoms with Gasteiger partial charge in [0.05, 0.1) is 21.0 Å². The third kappa shape index (κ3) is 5.75. The number of hydrogen-bond donors (Lipinski definition) is 0. The van der Waals surface area contributed by atoms with Gasteiger partial charge in [0.15, 0.2) is 0 Å². The van der Waals surface area contributed by atoms with Gasteiger partial charge in [-0.15, -0.1) is 0 Å². The van der Waals surface area contributed by atoms with Gasteiger partial charge in [-0.1, -0.05) is 89.4 Å². The summed E-state index contributed by atoms with van der Waals surface area (Å²) < 4.78 is 0. The van der Waals surface area contributed by atoms with Crippen molar-refractivity contribution < 1.29 is 9.59 Å². The topological polar surface area (TPSA) is 43.9 Å². The largest absolute Gasteiger partial charge is 0.341 e. The van der Waals surface area contributed by atoms with Gasteiger partial charge in [0.1, 0.15) is 0 Å². The van der Waals surface area contributed by atoms with E-state index in [-0.39, 0.29) is 23.3 Å². The van der Waals surface area contributed by atoms with E-state index in [0.29, 0.717) is 21.6 Å². The molecule has 8 heteroatoms. The second-order valence-electron chi connectivity index (χ2n) is 11.5. The molecule has 2 amide bonds. The van der Waals surface area contributed by atoms with Crippen LogP contribution in [0.15, 0.2) is 72.8 Å². The Labute approximate surface area is 258 Å². The van der Waals surface area contributed by atoms with Crippen LogP contribution in [-0.2, 0) is 27.1 Å². The van der Waals surface area contributed by atoms with Crippen LogP contribution in [0, 0.1) is 5.92 Å². The molecule has 0 spiro atoms. The monoisotopic (exact) mass is 611 g/mol. The van der Waals surface area contributed by atoms with E-state index in [1.54, 1.807) is 17.9 Å². The number of likely N-dealkylation sites (N-methyl/N-ethyl adjacent to an activating group) is 1. The van der Waals surface area contributed by atoms with Crippen molar-refractivity contribution in [2.45, 2.75) is 43.7 Å². The van der Waals surface area contributed by atoms with Crippen LogP contribution in [0.4, 0.5) is 0 Å². The van der Waals surface area contributed by atoms with Crippen LogP contribution >= 0.6 is 34.8 Å². The Morgan fingerprint density at radius 3 is 2.15 bits per heavy atom. The lowest BCUT2D eigenvalue weighted by Crippen LogP contribution is -2.53. The van der Waals surface area contributed by atoms with Crippen LogP contribution in [0.2, 0.25) is 15.1 Å². The van der Waals surface area contributed by atoms with Crippen LogP contribution in [0.5, 0.6) is 0 Å². The van der Waals surface area contributed by atoms with Crippen molar-refractivity contribution in [3.63, 3.8) is 0 Å². The number of piperidine rings is 1. The third-order valence-electron chi connectivity index (χ3n) is 9.22. The molecule has 1 saturated carbocycles.